The van der Waals surface area contributed by atoms with Gasteiger partial charge in [-0.2, -0.15) is 0 Å². The predicted molar refractivity (Wildman–Crippen MR) is 101 cm³/mol. The van der Waals surface area contributed by atoms with E-state index in [2.05, 4.69) is 10.2 Å². The summed E-state index contributed by atoms with van der Waals surface area (Å²) >= 11 is 1.36. The van der Waals surface area contributed by atoms with Gasteiger partial charge in [-0.1, -0.05) is 23.9 Å². The van der Waals surface area contributed by atoms with Crippen molar-refractivity contribution in [3.8, 4) is 11.5 Å². The monoisotopic (exact) mass is 403 g/mol. The third-order valence-electron chi connectivity index (χ3n) is 4.72. The van der Waals surface area contributed by atoms with Crippen LogP contribution < -0.4 is 9.47 Å². The number of thioether (sulfide) groups is 1. The molecule has 1 aromatic carbocycles. The Labute approximate surface area is 166 Å². The van der Waals surface area contributed by atoms with Crippen molar-refractivity contribution in [3.63, 3.8) is 0 Å². The third kappa shape index (κ3) is 3.91. The molecule has 148 valence electrons. The molecule has 1 atom stereocenters. The number of aryl methyl sites for hydroxylation is 1. The van der Waals surface area contributed by atoms with Gasteiger partial charge in [0.1, 0.15) is 12.9 Å². The summed E-state index contributed by atoms with van der Waals surface area (Å²) in [7, 11) is 1.84. The van der Waals surface area contributed by atoms with Crippen molar-refractivity contribution in [2.24, 2.45) is 7.05 Å². The number of amides is 2. The smallest absolute Gasteiger partial charge is 0.267 e. The summed E-state index contributed by atoms with van der Waals surface area (Å²) in [6.07, 6.45) is 0.954. The molecule has 1 aromatic heterocycles. The van der Waals surface area contributed by atoms with Gasteiger partial charge in [0, 0.05) is 33.2 Å². The van der Waals surface area contributed by atoms with E-state index < -0.39 is 6.10 Å². The molecule has 0 radical (unpaired) electrons. The number of piperazine rings is 1. The highest BCUT2D eigenvalue weighted by Crippen LogP contribution is 2.31. The number of hydrogen-bond acceptors (Lipinski definition) is 7. The zero-order chi connectivity index (χ0) is 19.5. The molecule has 2 aliphatic rings. The number of fused-ring (bicyclic) bond motifs is 1. The first-order chi connectivity index (χ1) is 13.6. The molecule has 2 aromatic rings. The Morgan fingerprint density at radius 2 is 1.86 bits per heavy atom. The minimum absolute atomic E-state index is 0.0336. The average Bonchev–Trinajstić information content (AvgIpc) is 3.16. The lowest BCUT2D eigenvalue weighted by Crippen LogP contribution is -2.55. The Kier molecular flexibility index (Phi) is 5.38. The Morgan fingerprint density at radius 1 is 1.14 bits per heavy atom. The molecule has 0 N–H and O–H groups in total. The van der Waals surface area contributed by atoms with Gasteiger partial charge >= 0.3 is 0 Å². The van der Waals surface area contributed by atoms with Gasteiger partial charge in [0.25, 0.3) is 5.91 Å². The summed E-state index contributed by atoms with van der Waals surface area (Å²) in [6, 6.07) is 7.32. The molecule has 0 aliphatic carbocycles. The largest absolute Gasteiger partial charge is 0.485 e. The highest BCUT2D eigenvalue weighted by Gasteiger charge is 2.33. The van der Waals surface area contributed by atoms with E-state index in [1.807, 2.05) is 25.2 Å². The van der Waals surface area contributed by atoms with E-state index in [0.29, 0.717) is 48.6 Å². The molecule has 10 heteroatoms. The fraction of sp³-hybridized carbons (Fsp3) is 0.444. The van der Waals surface area contributed by atoms with Crippen LogP contribution in [0.5, 0.6) is 11.5 Å². The minimum atomic E-state index is -0.649. The number of carbonyl (C=O) groups is 2. The van der Waals surface area contributed by atoms with Gasteiger partial charge in [-0.3, -0.25) is 9.59 Å². The molecule has 0 spiro atoms. The lowest BCUT2D eigenvalue weighted by molar-refractivity contribution is -0.145. The highest BCUT2D eigenvalue weighted by atomic mass is 32.2. The molecule has 4 rings (SSSR count). The number of para-hydroxylation sites is 2. The number of rotatable bonds is 4. The van der Waals surface area contributed by atoms with Crippen LogP contribution in [0.2, 0.25) is 0 Å². The molecule has 9 nitrogen and oxygen atoms in total. The van der Waals surface area contributed by atoms with E-state index in [4.69, 9.17) is 9.47 Å². The van der Waals surface area contributed by atoms with Crippen molar-refractivity contribution >= 4 is 23.6 Å². The van der Waals surface area contributed by atoms with Crippen molar-refractivity contribution in [2.75, 3.05) is 38.5 Å². The van der Waals surface area contributed by atoms with Crippen molar-refractivity contribution in [3.05, 3.63) is 30.6 Å². The predicted octanol–water partition coefficient (Wildman–Crippen LogP) is 0.418. The molecule has 2 aliphatic heterocycles. The van der Waals surface area contributed by atoms with Gasteiger partial charge in [-0.05, 0) is 12.1 Å². The molecular formula is C18H21N5O4S. The topological polar surface area (TPSA) is 89.8 Å². The van der Waals surface area contributed by atoms with Crippen molar-refractivity contribution in [1.82, 2.24) is 24.6 Å². The van der Waals surface area contributed by atoms with Crippen LogP contribution in [-0.2, 0) is 16.6 Å². The summed E-state index contributed by atoms with van der Waals surface area (Å²) in [5.74, 6) is 1.47. The summed E-state index contributed by atoms with van der Waals surface area (Å²) in [4.78, 5) is 28.7. The molecule has 28 heavy (non-hydrogen) atoms. The van der Waals surface area contributed by atoms with Crippen molar-refractivity contribution in [1.29, 1.82) is 0 Å². The maximum Gasteiger partial charge on any atom is 0.267 e. The van der Waals surface area contributed by atoms with Crippen LogP contribution in [-0.4, -0.2) is 81.0 Å². The number of hydrogen-bond donors (Lipinski definition) is 0. The fourth-order valence-electron chi connectivity index (χ4n) is 3.14. The van der Waals surface area contributed by atoms with E-state index in [1.165, 1.54) is 11.8 Å². The van der Waals surface area contributed by atoms with E-state index in [0.717, 1.165) is 0 Å². The van der Waals surface area contributed by atoms with Crippen LogP contribution in [0.25, 0.3) is 0 Å². The van der Waals surface area contributed by atoms with Crippen LogP contribution in [0.4, 0.5) is 0 Å². The van der Waals surface area contributed by atoms with Crippen molar-refractivity contribution in [2.45, 2.75) is 11.3 Å². The lowest BCUT2D eigenvalue weighted by Gasteiger charge is -2.37. The van der Waals surface area contributed by atoms with Gasteiger partial charge in [-0.15, -0.1) is 10.2 Å². The second-order valence-corrected chi connectivity index (χ2v) is 7.53. The molecule has 3 heterocycles. The van der Waals surface area contributed by atoms with Gasteiger partial charge in [0.05, 0.1) is 5.75 Å². The first kappa shape index (κ1) is 18.6. The van der Waals surface area contributed by atoms with Gasteiger partial charge in [0.2, 0.25) is 12.0 Å². The first-order valence-electron chi connectivity index (χ1n) is 9.03. The molecule has 1 fully saturated rings. The maximum absolute atomic E-state index is 12.8. The van der Waals surface area contributed by atoms with E-state index >= 15 is 0 Å². The summed E-state index contributed by atoms with van der Waals surface area (Å²) in [5, 5.41) is 8.47. The highest BCUT2D eigenvalue weighted by molar-refractivity contribution is 7.99. The molecule has 0 saturated carbocycles. The molecular weight excluding hydrogens is 382 g/mol. The Bertz CT molecular complexity index is 865. The molecule has 1 saturated heterocycles. The van der Waals surface area contributed by atoms with Gasteiger partial charge < -0.3 is 23.8 Å². The van der Waals surface area contributed by atoms with Crippen LogP contribution in [0.3, 0.4) is 0 Å². The van der Waals surface area contributed by atoms with Gasteiger partial charge in [-0.25, -0.2) is 0 Å². The van der Waals surface area contributed by atoms with Crippen LogP contribution >= 0.6 is 11.8 Å². The summed E-state index contributed by atoms with van der Waals surface area (Å²) < 4.78 is 13.2. The fourth-order valence-corrected chi connectivity index (χ4v) is 3.93. The Balaban J connectivity index is 1.26. The van der Waals surface area contributed by atoms with Crippen LogP contribution in [0, 0.1) is 0 Å². The normalized spacial score (nSPS) is 18.8. The Hall–Kier alpha value is -2.75. The third-order valence-corrected chi connectivity index (χ3v) is 5.74. The van der Waals surface area contributed by atoms with Crippen LogP contribution in [0.1, 0.15) is 0 Å². The zero-order valence-electron chi connectivity index (χ0n) is 15.5. The number of aromatic nitrogens is 3. The zero-order valence-corrected chi connectivity index (χ0v) is 16.3. The SMILES string of the molecule is Cn1cnnc1SCC(=O)N1CCN(C(=O)[C@H]2COc3ccccc3O2)CC1. The van der Waals surface area contributed by atoms with E-state index in [9.17, 15) is 9.59 Å². The number of nitrogens with zero attached hydrogens (tertiary/aromatic N) is 5. The lowest BCUT2D eigenvalue weighted by atomic mass is 10.2. The maximum atomic E-state index is 12.8. The van der Waals surface area contributed by atoms with E-state index in [1.54, 1.807) is 26.8 Å². The molecule has 0 bridgehead atoms. The van der Waals surface area contributed by atoms with Crippen molar-refractivity contribution < 1.29 is 19.1 Å². The molecule has 0 unspecified atom stereocenters. The number of carbonyl (C=O) groups excluding carboxylic acids is 2. The Morgan fingerprint density at radius 3 is 2.57 bits per heavy atom. The number of benzene rings is 1. The van der Waals surface area contributed by atoms with E-state index in [-0.39, 0.29) is 18.4 Å². The summed E-state index contributed by atoms with van der Waals surface area (Å²) in [5.41, 5.74) is 0. The minimum Gasteiger partial charge on any atom is -0.485 e. The average molecular weight is 403 g/mol. The summed E-state index contributed by atoms with van der Waals surface area (Å²) in [6.45, 7) is 2.19. The van der Waals surface area contributed by atoms with Gasteiger partial charge in [0.15, 0.2) is 16.7 Å². The first-order valence-corrected chi connectivity index (χ1v) is 10.0. The van der Waals surface area contributed by atoms with Crippen LogP contribution in [0.15, 0.2) is 35.7 Å². The number of ether oxygens (including phenoxy) is 2. The quantitative estimate of drug-likeness (QED) is 0.684. The molecule has 2 amide bonds. The second kappa shape index (κ2) is 8.09. The standard InChI is InChI=1S/C18H21N5O4S/c1-21-12-19-20-18(21)28-11-16(24)22-6-8-23(9-7-22)17(25)15-10-26-13-4-2-3-5-14(13)27-15/h2-5,12,15H,6-11H2,1H3/t15-/m1/s1. The second-order valence-electron chi connectivity index (χ2n) is 6.58.